The highest BCUT2D eigenvalue weighted by molar-refractivity contribution is 9.10. The van der Waals surface area contributed by atoms with Gasteiger partial charge in [0.25, 0.3) is 0 Å². The minimum absolute atomic E-state index is 0.0357. The molecule has 2 atom stereocenters. The molecule has 1 saturated carbocycles. The van der Waals surface area contributed by atoms with E-state index in [9.17, 15) is 36.4 Å². The summed E-state index contributed by atoms with van der Waals surface area (Å²) in [6, 6.07) is 3.26. The second-order valence-corrected chi connectivity index (χ2v) is 12.5. The van der Waals surface area contributed by atoms with Crippen molar-refractivity contribution in [2.24, 2.45) is 0 Å². The molecule has 14 heteroatoms. The Morgan fingerprint density at radius 2 is 1.89 bits per heavy atom. The van der Waals surface area contributed by atoms with Gasteiger partial charge in [-0.15, -0.1) is 5.06 Å². The lowest BCUT2D eigenvalue weighted by molar-refractivity contribution is -0.162. The second-order valence-electron chi connectivity index (χ2n) is 9.40. The zero-order valence-electron chi connectivity index (χ0n) is 19.0. The van der Waals surface area contributed by atoms with Crippen molar-refractivity contribution in [3.05, 3.63) is 28.2 Å². The van der Waals surface area contributed by atoms with Gasteiger partial charge in [0, 0.05) is 4.47 Å². The summed E-state index contributed by atoms with van der Waals surface area (Å²) in [5.74, 6) is -0.780. The molecule has 1 aliphatic heterocycles. The summed E-state index contributed by atoms with van der Waals surface area (Å²) in [5, 5.41) is 11.0. The van der Waals surface area contributed by atoms with Gasteiger partial charge in [0.05, 0.1) is 28.3 Å². The maximum atomic E-state index is 13.6. The molecule has 0 bridgehead atoms. The topological polar surface area (TPSA) is 126 Å². The lowest BCUT2D eigenvalue weighted by Crippen LogP contribution is -2.48. The van der Waals surface area contributed by atoms with E-state index in [1.165, 1.54) is 6.07 Å². The molecule has 35 heavy (non-hydrogen) atoms. The molecule has 1 saturated heterocycles. The van der Waals surface area contributed by atoms with Crippen LogP contribution in [0, 0.1) is 11.3 Å². The number of ether oxygens (including phenoxy) is 1. The Labute approximate surface area is 208 Å². The second kappa shape index (κ2) is 9.25. The first-order valence-corrected chi connectivity index (χ1v) is 12.8. The van der Waals surface area contributed by atoms with E-state index in [-0.39, 0.29) is 4.47 Å². The fraction of sp³-hybridized carbons (Fsp3) is 0.571. The lowest BCUT2D eigenvalue weighted by Gasteiger charge is -2.25. The zero-order valence-corrected chi connectivity index (χ0v) is 21.4. The van der Waals surface area contributed by atoms with Crippen molar-refractivity contribution in [1.29, 1.82) is 5.26 Å². The number of carbonyl (C=O) groups excluding carboxylic acids is 2. The summed E-state index contributed by atoms with van der Waals surface area (Å²) >= 11 is 2.92. The van der Waals surface area contributed by atoms with Crippen LogP contribution in [0.25, 0.3) is 0 Å². The Morgan fingerprint density at radius 3 is 2.40 bits per heavy atom. The van der Waals surface area contributed by atoms with Crippen molar-refractivity contribution in [2.45, 2.75) is 73.5 Å². The number of hydrogen-bond acceptors (Lipinski definition) is 8. The Hall–Kier alpha value is -2.37. The van der Waals surface area contributed by atoms with Gasteiger partial charge < -0.3 is 14.9 Å². The van der Waals surface area contributed by atoms with E-state index in [1.807, 2.05) is 6.07 Å². The van der Waals surface area contributed by atoms with Crippen molar-refractivity contribution in [3.63, 3.8) is 0 Å². The van der Waals surface area contributed by atoms with E-state index in [0.29, 0.717) is 18.9 Å². The molecule has 1 aromatic rings. The van der Waals surface area contributed by atoms with Gasteiger partial charge in [0.1, 0.15) is 17.2 Å². The number of amides is 1. The highest BCUT2D eigenvalue weighted by atomic mass is 79.9. The predicted molar refractivity (Wildman–Crippen MR) is 118 cm³/mol. The van der Waals surface area contributed by atoms with Crippen LogP contribution in [0.2, 0.25) is 0 Å². The lowest BCUT2D eigenvalue weighted by atomic mass is 10.2. The highest BCUT2D eigenvalue weighted by Crippen LogP contribution is 2.40. The summed E-state index contributed by atoms with van der Waals surface area (Å²) in [6.07, 6.45) is -5.85. The third-order valence-electron chi connectivity index (χ3n) is 5.42. The van der Waals surface area contributed by atoms with Crippen LogP contribution in [0.1, 0.15) is 45.6 Å². The largest absolute Gasteiger partial charge is 0.528 e. The van der Waals surface area contributed by atoms with Crippen LogP contribution in [0.5, 0.6) is 0 Å². The van der Waals surface area contributed by atoms with Crippen LogP contribution in [0.15, 0.2) is 27.6 Å². The van der Waals surface area contributed by atoms with Gasteiger partial charge in [-0.2, -0.15) is 18.4 Å². The van der Waals surface area contributed by atoms with Gasteiger partial charge in [0.2, 0.25) is 5.91 Å². The van der Waals surface area contributed by atoms with Crippen LogP contribution in [0.3, 0.4) is 0 Å². The summed E-state index contributed by atoms with van der Waals surface area (Å²) in [5.41, 5.74) is -3.42. The minimum atomic E-state index is -4.96. The van der Waals surface area contributed by atoms with Crippen LogP contribution in [0.4, 0.5) is 18.0 Å². The summed E-state index contributed by atoms with van der Waals surface area (Å²) in [4.78, 5) is 29.3. The zero-order chi connectivity index (χ0) is 26.4. The number of nitrogens with zero attached hydrogens (tertiary/aromatic N) is 2. The normalized spacial score (nSPS) is 22.2. The first kappa shape index (κ1) is 27.2. The van der Waals surface area contributed by atoms with Gasteiger partial charge in [0.15, 0.2) is 9.84 Å². The van der Waals surface area contributed by atoms with Crippen LogP contribution in [-0.4, -0.2) is 54.5 Å². The Morgan fingerprint density at radius 1 is 1.26 bits per heavy atom. The van der Waals surface area contributed by atoms with E-state index >= 15 is 0 Å². The third-order valence-corrected chi connectivity index (χ3v) is 8.10. The number of nitrogens with one attached hydrogen (secondary N) is 1. The maximum absolute atomic E-state index is 13.6. The van der Waals surface area contributed by atoms with Gasteiger partial charge in [-0.25, -0.2) is 13.2 Å². The van der Waals surface area contributed by atoms with E-state index < -0.39 is 73.9 Å². The number of rotatable bonds is 5. The van der Waals surface area contributed by atoms with Crippen molar-refractivity contribution < 1.29 is 40.8 Å². The first-order valence-electron chi connectivity index (χ1n) is 10.5. The predicted octanol–water partition coefficient (Wildman–Crippen LogP) is 3.72. The van der Waals surface area contributed by atoms with Gasteiger partial charge in [-0.05, 0) is 58.2 Å². The van der Waals surface area contributed by atoms with E-state index in [4.69, 9.17) is 9.57 Å². The molecule has 0 spiro atoms. The van der Waals surface area contributed by atoms with Gasteiger partial charge >= 0.3 is 12.3 Å². The van der Waals surface area contributed by atoms with E-state index in [1.54, 1.807) is 20.8 Å². The molecule has 2 fully saturated rings. The number of carbonyl (C=O) groups is 2. The van der Waals surface area contributed by atoms with Crippen molar-refractivity contribution in [3.8, 4) is 6.07 Å². The fourth-order valence-electron chi connectivity index (χ4n) is 3.56. The van der Waals surface area contributed by atoms with Crippen LogP contribution < -0.4 is 5.32 Å². The quantitative estimate of drug-likeness (QED) is 0.521. The average molecular weight is 582 g/mol. The molecular formula is C21H23BrF3N3O6S. The molecule has 3 rings (SSSR count). The standard InChI is InChI=1S/C21H23BrF3N3O6S/c1-19(2,3)33-18(30)34-28-10-13(9-15(28)17(29)27-20(11-26)6-7-20)35(31,32)16-5-4-12(22)8-14(16)21(23,24)25/h4-5,8,13,15H,6-7,9-10H2,1-3H3,(H,27,29)/t13-,15+/m1/s1. The molecule has 192 valence electrons. The number of nitriles is 1. The number of alkyl halides is 3. The van der Waals surface area contributed by atoms with Crippen LogP contribution >= 0.6 is 15.9 Å². The molecule has 2 aliphatic rings. The molecular weight excluding hydrogens is 559 g/mol. The third kappa shape index (κ3) is 6.25. The fourth-order valence-corrected chi connectivity index (χ4v) is 5.80. The summed E-state index contributed by atoms with van der Waals surface area (Å²) in [6.45, 7) is 4.11. The molecule has 0 aromatic heterocycles. The molecule has 1 heterocycles. The molecule has 1 amide bonds. The minimum Gasteiger partial charge on any atom is -0.427 e. The van der Waals surface area contributed by atoms with E-state index in [0.717, 1.165) is 11.1 Å². The molecule has 1 N–H and O–H groups in total. The van der Waals surface area contributed by atoms with Gasteiger partial charge in [-0.1, -0.05) is 15.9 Å². The molecule has 1 aromatic carbocycles. The molecule has 0 unspecified atom stereocenters. The number of halogens is 4. The van der Waals surface area contributed by atoms with Crippen molar-refractivity contribution in [2.75, 3.05) is 6.54 Å². The monoisotopic (exact) mass is 581 g/mol. The van der Waals surface area contributed by atoms with E-state index in [2.05, 4.69) is 21.2 Å². The van der Waals surface area contributed by atoms with Crippen LogP contribution in [-0.2, 0) is 30.4 Å². The van der Waals surface area contributed by atoms with Crippen molar-refractivity contribution >= 4 is 37.8 Å². The molecule has 1 aliphatic carbocycles. The molecule has 9 nitrogen and oxygen atoms in total. The maximum Gasteiger partial charge on any atom is 0.528 e. The number of hydroxylamine groups is 2. The van der Waals surface area contributed by atoms with Crippen molar-refractivity contribution in [1.82, 2.24) is 10.4 Å². The highest BCUT2D eigenvalue weighted by Gasteiger charge is 2.51. The summed E-state index contributed by atoms with van der Waals surface area (Å²) < 4.78 is 72.5. The SMILES string of the molecule is CC(C)(C)OC(=O)ON1C[C@H](S(=O)(=O)c2ccc(Br)cc2C(F)(F)F)C[C@H]1C(=O)NC1(C#N)CC1. The Bertz CT molecular complexity index is 1170. The number of hydrogen-bond donors (Lipinski definition) is 1. The average Bonchev–Trinajstić information content (AvgIpc) is 3.34. The first-order chi connectivity index (χ1) is 16.0. The Kier molecular flexibility index (Phi) is 7.20. The number of benzene rings is 1. The Balaban J connectivity index is 1.93. The number of sulfone groups is 1. The molecule has 0 radical (unpaired) electrons. The smallest absolute Gasteiger partial charge is 0.427 e. The summed E-state index contributed by atoms with van der Waals surface area (Å²) in [7, 11) is -4.63. The van der Waals surface area contributed by atoms with Gasteiger partial charge in [-0.3, -0.25) is 4.79 Å².